The number of terminal acetylenes is 1. The van der Waals surface area contributed by atoms with E-state index in [1.807, 2.05) is 51.4 Å². The number of allylic oxidation sites excluding steroid dienone is 2. The fraction of sp³-hybridized carbons (Fsp3) is 0.200. The zero-order chi connectivity index (χ0) is 12.0. The minimum absolute atomic E-state index is 0.719. The second-order valence-corrected chi connectivity index (χ2v) is 3.54. The molecule has 0 fully saturated rings. The van der Waals surface area contributed by atoms with E-state index in [0.717, 1.165) is 16.8 Å². The number of hydrogen-bond donors (Lipinski definition) is 0. The van der Waals surface area contributed by atoms with Crippen molar-refractivity contribution in [3.05, 3.63) is 41.5 Å². The van der Waals surface area contributed by atoms with E-state index in [2.05, 4.69) is 22.7 Å². The molecule has 0 saturated heterocycles. The Bertz CT molecular complexity index is 473. The summed E-state index contributed by atoms with van der Waals surface area (Å²) in [6, 6.07) is 8.06. The number of anilines is 1. The molecule has 1 heteroatoms. The summed E-state index contributed by atoms with van der Waals surface area (Å²) in [7, 11) is 4.02. The predicted molar refractivity (Wildman–Crippen MR) is 70.2 cm³/mol. The van der Waals surface area contributed by atoms with Crippen LogP contribution in [-0.4, -0.2) is 14.1 Å². The third-order valence-electron chi connectivity index (χ3n) is 2.17. The maximum atomic E-state index is 5.28. The monoisotopic (exact) mass is 209 g/mol. The molecule has 0 atom stereocenters. The fourth-order valence-corrected chi connectivity index (χ4v) is 1.17. The lowest BCUT2D eigenvalue weighted by Gasteiger charge is -2.11. The molecule has 0 amide bonds. The van der Waals surface area contributed by atoms with Crippen LogP contribution in [0.3, 0.4) is 0 Å². The predicted octanol–water partition coefficient (Wildman–Crippen LogP) is 2.68. The normalized spacial score (nSPS) is 10.0. The zero-order valence-corrected chi connectivity index (χ0v) is 9.91. The van der Waals surface area contributed by atoms with Gasteiger partial charge in [-0.25, -0.2) is 0 Å². The molecule has 0 N–H and O–H groups in total. The molecule has 0 aliphatic heterocycles. The van der Waals surface area contributed by atoms with Crippen molar-refractivity contribution in [1.29, 1.82) is 0 Å². The van der Waals surface area contributed by atoms with Crippen LogP contribution < -0.4 is 4.90 Å². The third-order valence-corrected chi connectivity index (χ3v) is 2.17. The second-order valence-electron chi connectivity index (χ2n) is 3.54. The summed E-state index contributed by atoms with van der Waals surface area (Å²) in [4.78, 5) is 2.05. The lowest BCUT2D eigenvalue weighted by molar-refractivity contribution is 1.13. The maximum absolute atomic E-state index is 5.28. The van der Waals surface area contributed by atoms with Gasteiger partial charge < -0.3 is 4.90 Å². The highest BCUT2D eigenvalue weighted by molar-refractivity contribution is 5.52. The van der Waals surface area contributed by atoms with Crippen molar-refractivity contribution in [2.24, 2.45) is 0 Å². The van der Waals surface area contributed by atoms with Gasteiger partial charge in [-0.05, 0) is 31.2 Å². The van der Waals surface area contributed by atoms with Crippen LogP contribution in [0.5, 0.6) is 0 Å². The molecule has 0 bridgehead atoms. The van der Waals surface area contributed by atoms with Crippen LogP contribution in [0.2, 0.25) is 0 Å². The summed E-state index contributed by atoms with van der Waals surface area (Å²) in [6.45, 7) is 1.89. The Morgan fingerprint density at radius 1 is 1.25 bits per heavy atom. The van der Waals surface area contributed by atoms with E-state index in [0.29, 0.717) is 0 Å². The molecule has 0 spiro atoms. The van der Waals surface area contributed by atoms with Gasteiger partial charge in [0, 0.05) is 25.3 Å². The molecule has 1 nitrogen and oxygen atoms in total. The first-order valence-corrected chi connectivity index (χ1v) is 5.09. The Morgan fingerprint density at radius 3 is 2.31 bits per heavy atom. The first-order valence-electron chi connectivity index (χ1n) is 5.09. The molecule has 0 aliphatic rings. The van der Waals surface area contributed by atoms with E-state index in [1.54, 1.807) is 0 Å². The molecule has 80 valence electrons. The topological polar surface area (TPSA) is 3.24 Å². The third kappa shape index (κ3) is 3.23. The van der Waals surface area contributed by atoms with Crippen molar-refractivity contribution in [1.82, 2.24) is 0 Å². The second kappa shape index (κ2) is 5.69. The lowest BCUT2D eigenvalue weighted by atomic mass is 10.2. The van der Waals surface area contributed by atoms with Crippen molar-refractivity contribution < 1.29 is 0 Å². The van der Waals surface area contributed by atoms with E-state index in [9.17, 15) is 0 Å². The Hall–Kier alpha value is -2.12. The first kappa shape index (κ1) is 12.0. The summed E-state index contributed by atoms with van der Waals surface area (Å²) >= 11 is 0. The van der Waals surface area contributed by atoms with Crippen molar-refractivity contribution in [2.45, 2.75) is 6.92 Å². The molecule has 0 unspecified atom stereocenters. The Morgan fingerprint density at radius 2 is 1.88 bits per heavy atom. The molecule has 16 heavy (non-hydrogen) atoms. The molecule has 0 saturated carbocycles. The minimum atomic E-state index is 0.719. The average Bonchev–Trinajstić information content (AvgIpc) is 2.31. The van der Waals surface area contributed by atoms with Gasteiger partial charge in [0.05, 0.1) is 5.57 Å². The summed E-state index contributed by atoms with van der Waals surface area (Å²) in [5.74, 6) is 8.51. The van der Waals surface area contributed by atoms with Gasteiger partial charge in [0.2, 0.25) is 0 Å². The van der Waals surface area contributed by atoms with Crippen LogP contribution in [0.25, 0.3) is 0 Å². The van der Waals surface area contributed by atoms with E-state index >= 15 is 0 Å². The molecule has 1 aromatic carbocycles. The van der Waals surface area contributed by atoms with Crippen LogP contribution >= 0.6 is 0 Å². The molecule has 1 rings (SSSR count). The highest BCUT2D eigenvalue weighted by Gasteiger charge is 1.93. The quantitative estimate of drug-likeness (QED) is 0.643. The average molecular weight is 209 g/mol. The smallest absolute Gasteiger partial charge is 0.0702 e. The van der Waals surface area contributed by atoms with E-state index in [4.69, 9.17) is 6.42 Å². The lowest BCUT2D eigenvalue weighted by Crippen LogP contribution is -2.07. The zero-order valence-electron chi connectivity index (χ0n) is 9.91. The summed E-state index contributed by atoms with van der Waals surface area (Å²) in [5.41, 5.74) is 2.85. The molecular formula is C15H15N. The summed E-state index contributed by atoms with van der Waals surface area (Å²) in [6.07, 6.45) is 7.12. The van der Waals surface area contributed by atoms with Crippen molar-refractivity contribution in [3.63, 3.8) is 0 Å². The Labute approximate surface area is 97.8 Å². The Kier molecular flexibility index (Phi) is 4.25. The molecular weight excluding hydrogens is 194 g/mol. The molecule has 0 aliphatic carbocycles. The summed E-state index contributed by atoms with van der Waals surface area (Å²) in [5, 5.41) is 0. The van der Waals surface area contributed by atoms with E-state index < -0.39 is 0 Å². The highest BCUT2D eigenvalue weighted by Crippen LogP contribution is 2.11. The molecule has 0 heterocycles. The molecule has 1 aromatic rings. The van der Waals surface area contributed by atoms with Gasteiger partial charge in [0.25, 0.3) is 0 Å². The van der Waals surface area contributed by atoms with Crippen LogP contribution in [0, 0.1) is 24.2 Å². The van der Waals surface area contributed by atoms with Gasteiger partial charge in [-0.2, -0.15) is 0 Å². The van der Waals surface area contributed by atoms with Crippen LogP contribution in [0.4, 0.5) is 5.69 Å². The van der Waals surface area contributed by atoms with Crippen LogP contribution in [-0.2, 0) is 0 Å². The number of benzene rings is 1. The van der Waals surface area contributed by atoms with Crippen LogP contribution in [0.1, 0.15) is 12.5 Å². The number of rotatable bonds is 1. The molecule has 0 radical (unpaired) electrons. The van der Waals surface area contributed by atoms with Gasteiger partial charge in [-0.15, -0.1) is 6.42 Å². The summed E-state index contributed by atoms with van der Waals surface area (Å²) < 4.78 is 0. The minimum Gasteiger partial charge on any atom is -0.378 e. The Balaban J connectivity index is 2.88. The van der Waals surface area contributed by atoms with E-state index in [1.165, 1.54) is 0 Å². The maximum Gasteiger partial charge on any atom is 0.0702 e. The van der Waals surface area contributed by atoms with Gasteiger partial charge in [0.15, 0.2) is 0 Å². The number of hydrogen-bond acceptors (Lipinski definition) is 1. The van der Waals surface area contributed by atoms with Gasteiger partial charge in [0.1, 0.15) is 0 Å². The van der Waals surface area contributed by atoms with Crippen molar-refractivity contribution in [2.75, 3.05) is 19.0 Å². The SMILES string of the molecule is C#C/C(C#Cc1ccc(N(C)C)cc1)=C\C. The first-order chi connectivity index (χ1) is 7.67. The fourth-order valence-electron chi connectivity index (χ4n) is 1.17. The van der Waals surface area contributed by atoms with E-state index in [-0.39, 0.29) is 0 Å². The largest absolute Gasteiger partial charge is 0.378 e. The highest BCUT2D eigenvalue weighted by atomic mass is 15.1. The van der Waals surface area contributed by atoms with Gasteiger partial charge in [-0.1, -0.05) is 23.8 Å². The molecule has 0 aromatic heterocycles. The number of nitrogens with zero attached hydrogens (tertiary/aromatic N) is 1. The van der Waals surface area contributed by atoms with Crippen LogP contribution in [0.15, 0.2) is 35.9 Å². The van der Waals surface area contributed by atoms with Gasteiger partial charge in [-0.3, -0.25) is 0 Å². The van der Waals surface area contributed by atoms with Gasteiger partial charge >= 0.3 is 0 Å². The van der Waals surface area contributed by atoms with Crippen molar-refractivity contribution >= 4 is 5.69 Å². The van der Waals surface area contributed by atoms with Crippen molar-refractivity contribution in [3.8, 4) is 24.2 Å². The standard InChI is InChI=1S/C15H15N/c1-5-13(6-2)7-8-14-9-11-15(12-10-14)16(3)4/h1,6,9-12H,2-4H3/b13-6+.